The zero-order valence-electron chi connectivity index (χ0n) is 8.83. The third-order valence-corrected chi connectivity index (χ3v) is 2.05. The van der Waals surface area contributed by atoms with E-state index in [2.05, 4.69) is 44.2 Å². The molecule has 0 amide bonds. The number of nitrogens with two attached hydrogens (primary N) is 1. The Labute approximate surface area is 85.9 Å². The lowest BCUT2D eigenvalue weighted by molar-refractivity contribution is 1.23. The fraction of sp³-hybridized carbons (Fsp3) is 0.231. The van der Waals surface area contributed by atoms with E-state index in [-0.39, 0.29) is 0 Å². The van der Waals surface area contributed by atoms with Crippen molar-refractivity contribution in [2.24, 2.45) is 5.73 Å². The second-order valence-corrected chi connectivity index (χ2v) is 3.30. The summed E-state index contributed by atoms with van der Waals surface area (Å²) in [4.78, 5) is 0. The molecule has 0 aliphatic heterocycles. The minimum absolute atomic E-state index is 1.06. The first-order valence-corrected chi connectivity index (χ1v) is 4.93. The van der Waals surface area contributed by atoms with Gasteiger partial charge in [0.05, 0.1) is 0 Å². The van der Waals surface area contributed by atoms with Crippen LogP contribution in [-0.4, -0.2) is 0 Å². The van der Waals surface area contributed by atoms with Gasteiger partial charge in [0.1, 0.15) is 0 Å². The molecular weight excluding hydrogens is 170 g/mol. The van der Waals surface area contributed by atoms with Crippen LogP contribution in [0.2, 0.25) is 0 Å². The summed E-state index contributed by atoms with van der Waals surface area (Å²) in [6, 6.07) is 6.36. The molecule has 74 valence electrons. The Morgan fingerprint density at radius 3 is 2.64 bits per heavy atom. The largest absolute Gasteiger partial charge is 0.405 e. The minimum Gasteiger partial charge on any atom is -0.405 e. The van der Waals surface area contributed by atoms with Crippen molar-refractivity contribution in [2.45, 2.75) is 20.3 Å². The van der Waals surface area contributed by atoms with E-state index in [0.717, 1.165) is 6.42 Å². The Morgan fingerprint density at radius 1 is 1.21 bits per heavy atom. The highest BCUT2D eigenvalue weighted by Gasteiger charge is 1.95. The van der Waals surface area contributed by atoms with Crippen LogP contribution in [-0.2, 0) is 0 Å². The van der Waals surface area contributed by atoms with E-state index in [1.807, 2.05) is 6.08 Å². The second kappa shape index (κ2) is 5.28. The van der Waals surface area contributed by atoms with Crippen LogP contribution in [0.5, 0.6) is 0 Å². The first-order chi connectivity index (χ1) is 6.77. The smallest absolute Gasteiger partial charge is 0.00561 e. The Hall–Kier alpha value is -1.50. The van der Waals surface area contributed by atoms with E-state index in [4.69, 9.17) is 5.73 Å². The van der Waals surface area contributed by atoms with Gasteiger partial charge in [0.2, 0.25) is 0 Å². The molecule has 0 unspecified atom stereocenters. The number of aryl methyl sites for hydroxylation is 1. The van der Waals surface area contributed by atoms with Gasteiger partial charge in [-0.2, -0.15) is 0 Å². The first kappa shape index (κ1) is 10.6. The summed E-state index contributed by atoms with van der Waals surface area (Å²) in [5.41, 5.74) is 9.06. The summed E-state index contributed by atoms with van der Waals surface area (Å²) in [5, 5.41) is 0. The van der Waals surface area contributed by atoms with Gasteiger partial charge in [0, 0.05) is 0 Å². The summed E-state index contributed by atoms with van der Waals surface area (Å²) in [6.07, 6.45) is 8.85. The van der Waals surface area contributed by atoms with Gasteiger partial charge in [-0.05, 0) is 36.7 Å². The van der Waals surface area contributed by atoms with Crippen LogP contribution in [0.15, 0.2) is 30.5 Å². The highest BCUT2D eigenvalue weighted by molar-refractivity contribution is 5.65. The van der Waals surface area contributed by atoms with Crippen LogP contribution < -0.4 is 5.73 Å². The van der Waals surface area contributed by atoms with E-state index < -0.39 is 0 Å². The van der Waals surface area contributed by atoms with E-state index in [1.54, 1.807) is 6.20 Å². The van der Waals surface area contributed by atoms with Gasteiger partial charge in [-0.1, -0.05) is 42.8 Å². The van der Waals surface area contributed by atoms with Gasteiger partial charge < -0.3 is 5.73 Å². The average molecular weight is 187 g/mol. The highest BCUT2D eigenvalue weighted by atomic mass is 14.5. The van der Waals surface area contributed by atoms with Crippen LogP contribution in [0.3, 0.4) is 0 Å². The zero-order chi connectivity index (χ0) is 10.4. The summed E-state index contributed by atoms with van der Waals surface area (Å²) in [7, 11) is 0. The van der Waals surface area contributed by atoms with Crippen LogP contribution >= 0.6 is 0 Å². The van der Waals surface area contributed by atoms with Crippen LogP contribution in [0.1, 0.15) is 30.0 Å². The lowest BCUT2D eigenvalue weighted by atomic mass is 10.0. The van der Waals surface area contributed by atoms with Crippen molar-refractivity contribution in [3.05, 3.63) is 47.2 Å². The molecule has 0 saturated heterocycles. The third kappa shape index (κ3) is 2.77. The molecule has 0 aliphatic rings. The lowest BCUT2D eigenvalue weighted by Gasteiger charge is -2.02. The summed E-state index contributed by atoms with van der Waals surface area (Å²) in [5.74, 6) is 0. The van der Waals surface area contributed by atoms with Crippen molar-refractivity contribution in [1.29, 1.82) is 0 Å². The van der Waals surface area contributed by atoms with Gasteiger partial charge >= 0.3 is 0 Å². The second-order valence-electron chi connectivity index (χ2n) is 3.30. The molecule has 0 bridgehead atoms. The minimum atomic E-state index is 1.06. The standard InChI is InChI=1S/C13H17N/c1-3-4-5-13-10-11(2)6-7-12(13)8-9-14/h4-10H,3,14H2,1-2H3/b5-4-,9-8+. The number of allylic oxidation sites excluding steroid dienone is 1. The lowest BCUT2D eigenvalue weighted by Crippen LogP contribution is -1.84. The predicted octanol–water partition coefficient (Wildman–Crippen LogP) is 3.35. The fourth-order valence-electron chi connectivity index (χ4n) is 1.34. The number of rotatable bonds is 3. The summed E-state index contributed by atoms with van der Waals surface area (Å²) < 4.78 is 0. The quantitative estimate of drug-likeness (QED) is 0.771. The van der Waals surface area contributed by atoms with Gasteiger partial charge in [-0.25, -0.2) is 0 Å². The molecule has 0 fully saturated rings. The Morgan fingerprint density at radius 2 is 2.00 bits per heavy atom. The number of benzene rings is 1. The highest BCUT2D eigenvalue weighted by Crippen LogP contribution is 2.15. The van der Waals surface area contributed by atoms with Crippen molar-refractivity contribution in [3.8, 4) is 0 Å². The Kier molecular flexibility index (Phi) is 3.99. The Bertz CT molecular complexity index is 348. The van der Waals surface area contributed by atoms with Gasteiger partial charge in [0.25, 0.3) is 0 Å². The van der Waals surface area contributed by atoms with Crippen LogP contribution in [0.4, 0.5) is 0 Å². The Balaban J connectivity index is 3.08. The molecule has 2 N–H and O–H groups in total. The van der Waals surface area contributed by atoms with Crippen molar-refractivity contribution < 1.29 is 0 Å². The van der Waals surface area contributed by atoms with Crippen molar-refractivity contribution in [2.75, 3.05) is 0 Å². The normalized spacial score (nSPS) is 11.6. The molecule has 0 radical (unpaired) electrons. The molecular formula is C13H17N. The van der Waals surface area contributed by atoms with E-state index in [9.17, 15) is 0 Å². The third-order valence-electron chi connectivity index (χ3n) is 2.05. The molecule has 0 atom stereocenters. The van der Waals surface area contributed by atoms with Crippen LogP contribution in [0, 0.1) is 6.92 Å². The monoisotopic (exact) mass is 187 g/mol. The van der Waals surface area contributed by atoms with Crippen molar-refractivity contribution >= 4 is 12.2 Å². The maximum Gasteiger partial charge on any atom is -0.00561 e. The zero-order valence-corrected chi connectivity index (χ0v) is 8.83. The number of hydrogen-bond donors (Lipinski definition) is 1. The molecule has 1 aromatic carbocycles. The predicted molar refractivity (Wildman–Crippen MR) is 63.7 cm³/mol. The van der Waals surface area contributed by atoms with E-state index in [1.165, 1.54) is 16.7 Å². The SMILES string of the molecule is CC/C=C\c1cc(C)ccc1/C=C/N. The van der Waals surface area contributed by atoms with Crippen molar-refractivity contribution in [3.63, 3.8) is 0 Å². The molecule has 1 aromatic rings. The molecule has 14 heavy (non-hydrogen) atoms. The molecule has 1 rings (SSSR count). The molecule has 1 heteroatoms. The van der Waals surface area contributed by atoms with Crippen molar-refractivity contribution in [1.82, 2.24) is 0 Å². The fourth-order valence-corrected chi connectivity index (χ4v) is 1.34. The molecule has 0 spiro atoms. The molecule has 0 saturated carbocycles. The van der Waals surface area contributed by atoms with Gasteiger partial charge in [-0.3, -0.25) is 0 Å². The average Bonchev–Trinajstić information content (AvgIpc) is 2.18. The maximum atomic E-state index is 5.39. The molecule has 0 aliphatic carbocycles. The summed E-state index contributed by atoms with van der Waals surface area (Å²) >= 11 is 0. The summed E-state index contributed by atoms with van der Waals surface area (Å²) in [6.45, 7) is 4.23. The van der Waals surface area contributed by atoms with Gasteiger partial charge in [0.15, 0.2) is 0 Å². The van der Waals surface area contributed by atoms with E-state index in [0.29, 0.717) is 0 Å². The van der Waals surface area contributed by atoms with Crippen LogP contribution in [0.25, 0.3) is 12.2 Å². The maximum absolute atomic E-state index is 5.39. The van der Waals surface area contributed by atoms with E-state index >= 15 is 0 Å². The molecule has 1 nitrogen and oxygen atoms in total. The molecule has 0 heterocycles. The topological polar surface area (TPSA) is 26.0 Å². The first-order valence-electron chi connectivity index (χ1n) is 4.93. The van der Waals surface area contributed by atoms with Gasteiger partial charge in [-0.15, -0.1) is 0 Å². The number of hydrogen-bond acceptors (Lipinski definition) is 1. The molecule has 0 aromatic heterocycles.